The van der Waals surface area contributed by atoms with Crippen molar-refractivity contribution < 1.29 is 9.59 Å². The molecule has 1 aliphatic rings. The number of carbonyl (C=O) groups excluding carboxylic acids is 2. The molecule has 0 bridgehead atoms. The number of H-pyrrole nitrogens is 1. The molecule has 21 heavy (non-hydrogen) atoms. The van der Waals surface area contributed by atoms with Gasteiger partial charge in [0.1, 0.15) is 0 Å². The molecule has 1 aromatic carbocycles. The zero-order chi connectivity index (χ0) is 14.8. The number of ketones is 1. The van der Waals surface area contributed by atoms with Crippen LogP contribution in [0.3, 0.4) is 0 Å². The second-order valence-electron chi connectivity index (χ2n) is 5.11. The molecule has 5 nitrogen and oxygen atoms in total. The maximum atomic E-state index is 12.3. The second-order valence-corrected chi connectivity index (χ2v) is 5.11. The molecule has 2 aromatic rings. The molecule has 108 valence electrons. The number of amides is 1. The molecule has 3 N–H and O–H groups in total. The van der Waals surface area contributed by atoms with E-state index in [4.69, 9.17) is 0 Å². The molecular formula is C16H17N3O2. The molecule has 0 saturated heterocycles. The number of carbonyl (C=O) groups is 2. The summed E-state index contributed by atoms with van der Waals surface area (Å²) in [7, 11) is 1.84. The summed E-state index contributed by atoms with van der Waals surface area (Å²) >= 11 is 0. The summed E-state index contributed by atoms with van der Waals surface area (Å²) in [4.78, 5) is 27.4. The molecule has 1 heterocycles. The summed E-state index contributed by atoms with van der Waals surface area (Å²) in [6, 6.07) is 7.41. The minimum Gasteiger partial charge on any atom is -0.388 e. The van der Waals surface area contributed by atoms with Crippen molar-refractivity contribution in [3.8, 4) is 0 Å². The Kier molecular flexibility index (Phi) is 3.48. The summed E-state index contributed by atoms with van der Waals surface area (Å²) in [5.41, 5.74) is 3.55. The molecule has 1 aromatic heterocycles. The van der Waals surface area contributed by atoms with Gasteiger partial charge < -0.3 is 15.6 Å². The van der Waals surface area contributed by atoms with Crippen LogP contribution < -0.4 is 10.6 Å². The van der Waals surface area contributed by atoms with E-state index in [0.717, 1.165) is 24.2 Å². The zero-order valence-electron chi connectivity index (χ0n) is 11.8. The first kappa shape index (κ1) is 13.4. The van der Waals surface area contributed by atoms with Crippen molar-refractivity contribution >= 4 is 23.1 Å². The molecule has 0 saturated carbocycles. The van der Waals surface area contributed by atoms with E-state index in [9.17, 15) is 9.59 Å². The minimum atomic E-state index is -0.250. The fraction of sp³-hybridized carbons (Fsp3) is 0.250. The fourth-order valence-electron chi connectivity index (χ4n) is 2.63. The Labute approximate surface area is 122 Å². The quantitative estimate of drug-likeness (QED) is 0.811. The van der Waals surface area contributed by atoms with Gasteiger partial charge in [0.2, 0.25) is 0 Å². The number of rotatable bonds is 3. The third kappa shape index (κ3) is 2.54. The van der Waals surface area contributed by atoms with Crippen molar-refractivity contribution in [2.75, 3.05) is 17.7 Å². The van der Waals surface area contributed by atoms with Crippen LogP contribution in [0.5, 0.6) is 0 Å². The van der Waals surface area contributed by atoms with Gasteiger partial charge in [-0.25, -0.2) is 0 Å². The van der Waals surface area contributed by atoms with Crippen molar-refractivity contribution in [1.82, 2.24) is 4.98 Å². The molecule has 0 unspecified atom stereocenters. The van der Waals surface area contributed by atoms with Gasteiger partial charge in [-0.15, -0.1) is 0 Å². The summed E-state index contributed by atoms with van der Waals surface area (Å²) < 4.78 is 0. The highest BCUT2D eigenvalue weighted by molar-refractivity contribution is 6.13. The zero-order valence-corrected chi connectivity index (χ0v) is 11.8. The number of aromatic amines is 1. The van der Waals surface area contributed by atoms with Gasteiger partial charge in [0.15, 0.2) is 5.78 Å². The SMILES string of the molecule is CNc1ccc(NC(=O)c2c[nH]c3c2C(=O)CCC3)cc1. The van der Waals surface area contributed by atoms with Crippen LogP contribution in [0.15, 0.2) is 30.5 Å². The van der Waals surface area contributed by atoms with Crippen LogP contribution in [0.2, 0.25) is 0 Å². The Morgan fingerprint density at radius 1 is 1.14 bits per heavy atom. The molecule has 0 atom stereocenters. The first-order valence-electron chi connectivity index (χ1n) is 7.01. The highest BCUT2D eigenvalue weighted by Gasteiger charge is 2.25. The average molecular weight is 283 g/mol. The highest BCUT2D eigenvalue weighted by atomic mass is 16.2. The Morgan fingerprint density at radius 3 is 2.57 bits per heavy atom. The third-order valence-corrected chi connectivity index (χ3v) is 3.75. The van der Waals surface area contributed by atoms with Crippen LogP contribution in [0.25, 0.3) is 0 Å². The fourth-order valence-corrected chi connectivity index (χ4v) is 2.63. The number of benzene rings is 1. The number of aryl methyl sites for hydroxylation is 1. The molecule has 5 heteroatoms. The van der Waals surface area contributed by atoms with Crippen molar-refractivity contribution in [1.29, 1.82) is 0 Å². The Bertz CT molecular complexity index is 686. The number of fused-ring (bicyclic) bond motifs is 1. The van der Waals surface area contributed by atoms with Gasteiger partial charge in [0, 0.05) is 36.7 Å². The number of hydrogen-bond acceptors (Lipinski definition) is 3. The van der Waals surface area contributed by atoms with E-state index in [-0.39, 0.29) is 11.7 Å². The number of Topliss-reactive ketones (excluding diaryl/α,β-unsaturated/α-hetero) is 1. The van der Waals surface area contributed by atoms with E-state index in [0.29, 0.717) is 23.2 Å². The number of nitrogens with one attached hydrogen (secondary N) is 3. The van der Waals surface area contributed by atoms with E-state index in [1.54, 1.807) is 6.20 Å². The van der Waals surface area contributed by atoms with E-state index in [1.807, 2.05) is 31.3 Å². The van der Waals surface area contributed by atoms with Crippen LogP contribution in [-0.4, -0.2) is 23.7 Å². The van der Waals surface area contributed by atoms with Gasteiger partial charge in [-0.1, -0.05) is 0 Å². The van der Waals surface area contributed by atoms with Gasteiger partial charge >= 0.3 is 0 Å². The first-order valence-corrected chi connectivity index (χ1v) is 7.01. The topological polar surface area (TPSA) is 74.0 Å². The van der Waals surface area contributed by atoms with Crippen molar-refractivity contribution in [3.63, 3.8) is 0 Å². The number of hydrogen-bond donors (Lipinski definition) is 3. The van der Waals surface area contributed by atoms with Gasteiger partial charge in [0.05, 0.1) is 11.1 Å². The van der Waals surface area contributed by atoms with Gasteiger partial charge in [-0.05, 0) is 37.1 Å². The van der Waals surface area contributed by atoms with Gasteiger partial charge in [0.25, 0.3) is 5.91 Å². The summed E-state index contributed by atoms with van der Waals surface area (Å²) in [5, 5.41) is 5.85. The average Bonchev–Trinajstić information content (AvgIpc) is 2.93. The predicted octanol–water partition coefficient (Wildman–Crippen LogP) is 2.83. The maximum absolute atomic E-state index is 12.3. The van der Waals surface area contributed by atoms with Crippen molar-refractivity contribution in [2.24, 2.45) is 0 Å². The predicted molar refractivity (Wildman–Crippen MR) is 82.0 cm³/mol. The van der Waals surface area contributed by atoms with Crippen molar-refractivity contribution in [3.05, 3.63) is 47.3 Å². The van der Waals surface area contributed by atoms with Gasteiger partial charge in [-0.3, -0.25) is 9.59 Å². The largest absolute Gasteiger partial charge is 0.388 e. The Balaban J connectivity index is 1.82. The van der Waals surface area contributed by atoms with Crippen LogP contribution in [0.1, 0.15) is 39.3 Å². The normalized spacial score (nSPS) is 13.7. The first-order chi connectivity index (χ1) is 10.2. The van der Waals surface area contributed by atoms with E-state index in [1.165, 1.54) is 0 Å². The molecule has 1 aliphatic carbocycles. The van der Waals surface area contributed by atoms with Crippen LogP contribution >= 0.6 is 0 Å². The van der Waals surface area contributed by atoms with Crippen LogP contribution in [-0.2, 0) is 6.42 Å². The maximum Gasteiger partial charge on any atom is 0.257 e. The molecule has 0 radical (unpaired) electrons. The summed E-state index contributed by atoms with van der Waals surface area (Å²) in [6.07, 6.45) is 3.82. The standard InChI is InChI=1S/C16H17N3O2/c1-17-10-5-7-11(8-6-10)19-16(21)12-9-18-13-3-2-4-14(20)15(12)13/h5-9,17-18H,2-4H2,1H3,(H,19,21). The van der Waals surface area contributed by atoms with Crippen LogP contribution in [0.4, 0.5) is 11.4 Å². The third-order valence-electron chi connectivity index (χ3n) is 3.75. The lowest BCUT2D eigenvalue weighted by Gasteiger charge is -2.12. The van der Waals surface area contributed by atoms with Gasteiger partial charge in [-0.2, -0.15) is 0 Å². The van der Waals surface area contributed by atoms with E-state index >= 15 is 0 Å². The molecular weight excluding hydrogens is 266 g/mol. The Morgan fingerprint density at radius 2 is 1.86 bits per heavy atom. The summed E-state index contributed by atoms with van der Waals surface area (Å²) in [6.45, 7) is 0. The molecule has 3 rings (SSSR count). The molecule has 0 fully saturated rings. The highest BCUT2D eigenvalue weighted by Crippen LogP contribution is 2.25. The molecule has 0 spiro atoms. The van der Waals surface area contributed by atoms with Crippen LogP contribution in [0, 0.1) is 0 Å². The Hall–Kier alpha value is -2.56. The number of aromatic nitrogens is 1. The van der Waals surface area contributed by atoms with E-state index < -0.39 is 0 Å². The lowest BCUT2D eigenvalue weighted by atomic mass is 9.93. The lowest BCUT2D eigenvalue weighted by molar-refractivity contribution is 0.0956. The lowest BCUT2D eigenvalue weighted by Crippen LogP contribution is -2.17. The summed E-state index contributed by atoms with van der Waals surface area (Å²) in [5.74, 6) is -0.201. The number of anilines is 2. The van der Waals surface area contributed by atoms with Crippen molar-refractivity contribution in [2.45, 2.75) is 19.3 Å². The van der Waals surface area contributed by atoms with E-state index in [2.05, 4.69) is 15.6 Å². The second kappa shape index (κ2) is 5.44. The molecule has 1 amide bonds. The minimum absolute atomic E-state index is 0.0492. The monoisotopic (exact) mass is 283 g/mol. The smallest absolute Gasteiger partial charge is 0.257 e. The molecule has 0 aliphatic heterocycles.